The molecule has 3 rings (SSSR count). The number of anilines is 1. The molecule has 0 bridgehead atoms. The molecule has 17 heteroatoms. The highest BCUT2D eigenvalue weighted by Gasteiger charge is 2.53. The van der Waals surface area contributed by atoms with E-state index in [0.29, 0.717) is 5.75 Å². The Morgan fingerprint density at radius 2 is 1.97 bits per heavy atom. The number of amides is 3. The van der Waals surface area contributed by atoms with Crippen molar-refractivity contribution in [1.82, 2.24) is 15.2 Å². The molecule has 3 heterocycles. The van der Waals surface area contributed by atoms with Crippen LogP contribution in [0, 0.1) is 0 Å². The summed E-state index contributed by atoms with van der Waals surface area (Å²) in [6.07, 6.45) is 0.384. The van der Waals surface area contributed by atoms with Crippen LogP contribution in [0.2, 0.25) is 0 Å². The summed E-state index contributed by atoms with van der Waals surface area (Å²) < 4.78 is 9.85. The molecular weight excluding hydrogens is 552 g/mol. The van der Waals surface area contributed by atoms with Gasteiger partial charge in [-0.25, -0.2) is 9.78 Å². The van der Waals surface area contributed by atoms with Crippen molar-refractivity contribution in [2.45, 2.75) is 44.5 Å². The van der Waals surface area contributed by atoms with Crippen molar-refractivity contribution < 1.29 is 38.3 Å². The largest absolute Gasteiger partial charge is 0.426 e. The molecule has 1 aromatic heterocycles. The fourth-order valence-corrected chi connectivity index (χ4v) is 5.06. The Kier molecular flexibility index (Phi) is 10.4. The number of hydrogen-bond donors (Lipinski definition) is 3. The maximum absolute atomic E-state index is 13.0. The quantitative estimate of drug-likeness (QED) is 0.117. The number of aromatic nitrogens is 1. The average Bonchev–Trinajstić information content (AvgIpc) is 3.27. The number of thiazole rings is 1. The van der Waals surface area contributed by atoms with Gasteiger partial charge in [-0.2, -0.15) is 0 Å². The molecule has 202 valence electrons. The Balaban J connectivity index is 0.00000481. The third-order valence-electron chi connectivity index (χ3n) is 4.74. The minimum Gasteiger partial charge on any atom is -0.426 e. The number of thioether (sulfide) groups is 1. The molecular formula is C20H25ClN6O8S2. The first-order chi connectivity index (χ1) is 17.0. The van der Waals surface area contributed by atoms with Crippen LogP contribution in [0.15, 0.2) is 22.3 Å². The standard InChI is InChI=1S/C20H24N6O8S2.ClH/c1-8(21)15(28)24-20-22-11(7-36-20)13(25-32-4)16(29)23-14-17(30)26-12(5-6-35-18(14)26)19(31)34-10(3)33-9(2)27;/h5,7-8,10,14,18H,6,21H2,1-4H3,(H,23,29)(H,22,24,28);1H/t8-,10?,14?,18+;/m0./s1. The predicted molar refractivity (Wildman–Crippen MR) is 136 cm³/mol. The first-order valence-corrected chi connectivity index (χ1v) is 12.4. The average molecular weight is 577 g/mol. The number of halogens is 1. The normalized spacial score (nSPS) is 20.1. The van der Waals surface area contributed by atoms with Crippen LogP contribution in [-0.4, -0.2) is 81.9 Å². The SMILES string of the molecule is CON=C(C(=O)NC1C(=O)N2C(C(=O)OC(C)OC(C)=O)=CCS[C@H]12)c1csc(NC(=O)[C@H](C)N)n1.Cl. The Morgan fingerprint density at radius 3 is 2.59 bits per heavy atom. The number of nitrogens with zero attached hydrogens (tertiary/aromatic N) is 3. The van der Waals surface area contributed by atoms with Crippen molar-refractivity contribution in [1.29, 1.82) is 0 Å². The first-order valence-electron chi connectivity index (χ1n) is 10.5. The second-order valence-corrected chi connectivity index (χ2v) is 9.50. The van der Waals surface area contributed by atoms with Gasteiger partial charge in [0.05, 0.1) is 6.04 Å². The predicted octanol–water partition coefficient (Wildman–Crippen LogP) is -0.0628. The molecule has 4 atom stereocenters. The van der Waals surface area contributed by atoms with Gasteiger partial charge >= 0.3 is 11.9 Å². The summed E-state index contributed by atoms with van der Waals surface area (Å²) >= 11 is 2.38. The van der Waals surface area contributed by atoms with Crippen LogP contribution in [0.5, 0.6) is 0 Å². The minimum absolute atomic E-state index is 0. The van der Waals surface area contributed by atoms with Gasteiger partial charge in [-0.3, -0.25) is 24.1 Å². The number of nitrogens with two attached hydrogens (primary N) is 1. The molecule has 0 aliphatic carbocycles. The van der Waals surface area contributed by atoms with Gasteiger partial charge in [0.2, 0.25) is 12.2 Å². The van der Waals surface area contributed by atoms with E-state index in [0.717, 1.165) is 11.3 Å². The molecule has 14 nitrogen and oxygen atoms in total. The Labute approximate surface area is 225 Å². The number of carbonyl (C=O) groups is 5. The van der Waals surface area contributed by atoms with Crippen LogP contribution in [0.25, 0.3) is 0 Å². The van der Waals surface area contributed by atoms with Crippen LogP contribution in [0.1, 0.15) is 26.5 Å². The molecule has 4 N–H and O–H groups in total. The second-order valence-electron chi connectivity index (χ2n) is 7.49. The number of nitrogens with one attached hydrogen (secondary N) is 2. The summed E-state index contributed by atoms with van der Waals surface area (Å²) in [5.74, 6) is -2.82. The van der Waals surface area contributed by atoms with Gasteiger partial charge in [0.1, 0.15) is 29.9 Å². The number of oxime groups is 1. The number of fused-ring (bicyclic) bond motifs is 1. The van der Waals surface area contributed by atoms with Crippen molar-refractivity contribution >= 4 is 76.0 Å². The lowest BCUT2D eigenvalue weighted by atomic mass is 10.0. The molecule has 1 fully saturated rings. The summed E-state index contributed by atoms with van der Waals surface area (Å²) in [5.41, 5.74) is 5.42. The summed E-state index contributed by atoms with van der Waals surface area (Å²) in [6.45, 7) is 4.06. The van der Waals surface area contributed by atoms with E-state index in [-0.39, 0.29) is 34.6 Å². The van der Waals surface area contributed by atoms with Gasteiger partial charge in [-0.05, 0) is 13.0 Å². The maximum atomic E-state index is 13.0. The van der Waals surface area contributed by atoms with E-state index in [4.69, 9.17) is 20.0 Å². The molecule has 2 unspecified atom stereocenters. The van der Waals surface area contributed by atoms with E-state index in [2.05, 4.69) is 20.8 Å². The fraction of sp³-hybridized carbons (Fsp3) is 0.450. The molecule has 0 radical (unpaired) electrons. The second kappa shape index (κ2) is 12.8. The van der Waals surface area contributed by atoms with Gasteiger partial charge in [-0.1, -0.05) is 5.16 Å². The molecule has 0 saturated carbocycles. The number of rotatable bonds is 9. The van der Waals surface area contributed by atoms with E-state index >= 15 is 0 Å². The van der Waals surface area contributed by atoms with Gasteiger partial charge < -0.3 is 30.7 Å². The molecule has 37 heavy (non-hydrogen) atoms. The number of carbonyl (C=O) groups excluding carboxylic acids is 5. The number of β-lactam (4-membered cyclic amide) rings is 1. The Morgan fingerprint density at radius 1 is 1.27 bits per heavy atom. The molecule has 0 aromatic carbocycles. The van der Waals surface area contributed by atoms with Crippen LogP contribution in [0.4, 0.5) is 5.13 Å². The minimum atomic E-state index is -1.13. The first kappa shape index (κ1) is 30.0. The zero-order chi connectivity index (χ0) is 26.6. The van der Waals surface area contributed by atoms with Gasteiger partial charge in [0.25, 0.3) is 11.8 Å². The molecule has 2 aliphatic heterocycles. The van der Waals surface area contributed by atoms with E-state index in [1.54, 1.807) is 0 Å². The highest BCUT2D eigenvalue weighted by molar-refractivity contribution is 8.00. The molecule has 1 aromatic rings. The molecule has 3 amide bonds. The highest BCUT2D eigenvalue weighted by atomic mass is 35.5. The smallest absolute Gasteiger partial charge is 0.357 e. The lowest BCUT2D eigenvalue weighted by molar-refractivity contribution is -0.182. The van der Waals surface area contributed by atoms with Crippen molar-refractivity contribution in [2.24, 2.45) is 10.9 Å². The summed E-state index contributed by atoms with van der Waals surface area (Å²) in [6, 6.07) is -1.71. The van der Waals surface area contributed by atoms with Crippen molar-refractivity contribution in [2.75, 3.05) is 18.2 Å². The van der Waals surface area contributed by atoms with E-state index in [1.165, 1.54) is 56.0 Å². The van der Waals surface area contributed by atoms with Gasteiger partial charge in [0.15, 0.2) is 10.8 Å². The number of esters is 2. The van der Waals surface area contributed by atoms with Crippen molar-refractivity contribution in [3.63, 3.8) is 0 Å². The van der Waals surface area contributed by atoms with E-state index < -0.39 is 53.4 Å². The lowest BCUT2D eigenvalue weighted by Gasteiger charge is -2.48. The van der Waals surface area contributed by atoms with Gasteiger partial charge in [-0.15, -0.1) is 35.5 Å². The summed E-state index contributed by atoms with van der Waals surface area (Å²) in [4.78, 5) is 71.3. The van der Waals surface area contributed by atoms with Crippen molar-refractivity contribution in [3.05, 3.63) is 22.8 Å². The highest BCUT2D eigenvalue weighted by Crippen LogP contribution is 2.38. The van der Waals surface area contributed by atoms with Crippen molar-refractivity contribution in [3.8, 4) is 0 Å². The fourth-order valence-electron chi connectivity index (χ4n) is 3.16. The molecule has 0 spiro atoms. The maximum Gasteiger partial charge on any atom is 0.357 e. The van der Waals surface area contributed by atoms with Crippen LogP contribution in [-0.2, 0) is 38.3 Å². The van der Waals surface area contributed by atoms with Crippen LogP contribution < -0.4 is 16.4 Å². The van der Waals surface area contributed by atoms with E-state index in [1.807, 2.05) is 0 Å². The zero-order valence-electron chi connectivity index (χ0n) is 20.1. The Hall–Kier alpha value is -3.21. The third kappa shape index (κ3) is 6.97. The lowest BCUT2D eigenvalue weighted by Crippen LogP contribution is -2.70. The van der Waals surface area contributed by atoms with Crippen LogP contribution in [0.3, 0.4) is 0 Å². The number of ether oxygens (including phenoxy) is 2. The monoisotopic (exact) mass is 576 g/mol. The zero-order valence-corrected chi connectivity index (χ0v) is 22.5. The summed E-state index contributed by atoms with van der Waals surface area (Å²) in [7, 11) is 1.24. The topological polar surface area (TPSA) is 192 Å². The summed E-state index contributed by atoms with van der Waals surface area (Å²) in [5, 5.41) is 9.94. The molecule has 1 saturated heterocycles. The third-order valence-corrected chi connectivity index (χ3v) is 6.68. The van der Waals surface area contributed by atoms with E-state index in [9.17, 15) is 24.0 Å². The number of hydrogen-bond acceptors (Lipinski definition) is 13. The molecule has 2 aliphatic rings. The Bertz CT molecular complexity index is 1140. The van der Waals surface area contributed by atoms with Gasteiger partial charge in [0, 0.05) is 25.0 Å². The van der Waals surface area contributed by atoms with Crippen LogP contribution >= 0.6 is 35.5 Å².